The SMILES string of the molecule is COc1nc2c(cc1-c1c(C)noc1C)[nH]c1nc(C)nc(N(C)c3c(C)cnn3C(C)C)c12. The molecule has 0 spiro atoms. The maximum atomic E-state index is 5.71. The first-order valence-corrected chi connectivity index (χ1v) is 11.2. The van der Waals surface area contributed by atoms with Gasteiger partial charge in [0.25, 0.3) is 0 Å². The molecule has 0 radical (unpaired) electrons. The van der Waals surface area contributed by atoms with Gasteiger partial charge in [0.15, 0.2) is 0 Å². The van der Waals surface area contributed by atoms with Crippen LogP contribution in [0.4, 0.5) is 11.6 Å². The highest BCUT2D eigenvalue weighted by Gasteiger charge is 2.25. The summed E-state index contributed by atoms with van der Waals surface area (Å²) in [4.78, 5) is 19.9. The maximum absolute atomic E-state index is 5.71. The zero-order valence-electron chi connectivity index (χ0n) is 20.7. The van der Waals surface area contributed by atoms with E-state index in [9.17, 15) is 0 Å². The van der Waals surface area contributed by atoms with Crippen LogP contribution in [0.25, 0.3) is 33.2 Å². The molecule has 5 aromatic heterocycles. The second kappa shape index (κ2) is 7.82. The predicted octanol–water partition coefficient (Wildman–Crippen LogP) is 4.95. The summed E-state index contributed by atoms with van der Waals surface area (Å²) in [7, 11) is 3.61. The largest absolute Gasteiger partial charge is 0.481 e. The van der Waals surface area contributed by atoms with Gasteiger partial charge in [0.2, 0.25) is 5.88 Å². The average molecular weight is 461 g/mol. The highest BCUT2D eigenvalue weighted by atomic mass is 16.5. The van der Waals surface area contributed by atoms with E-state index in [1.807, 2.05) is 44.8 Å². The molecule has 5 aromatic rings. The number of aromatic amines is 1. The number of aromatic nitrogens is 7. The summed E-state index contributed by atoms with van der Waals surface area (Å²) in [5, 5.41) is 9.49. The summed E-state index contributed by atoms with van der Waals surface area (Å²) >= 11 is 0. The van der Waals surface area contributed by atoms with Crippen molar-refractivity contribution in [2.45, 2.75) is 47.6 Å². The lowest BCUT2D eigenvalue weighted by Gasteiger charge is -2.23. The summed E-state index contributed by atoms with van der Waals surface area (Å²) in [6.07, 6.45) is 1.88. The Labute approximate surface area is 197 Å². The zero-order valence-corrected chi connectivity index (χ0v) is 20.7. The van der Waals surface area contributed by atoms with Crippen LogP contribution in [0.5, 0.6) is 5.88 Å². The lowest BCUT2D eigenvalue weighted by atomic mass is 10.0. The van der Waals surface area contributed by atoms with E-state index in [4.69, 9.17) is 19.2 Å². The fourth-order valence-corrected chi connectivity index (χ4v) is 4.56. The van der Waals surface area contributed by atoms with Crippen LogP contribution >= 0.6 is 0 Å². The Morgan fingerprint density at radius 3 is 2.53 bits per heavy atom. The summed E-state index contributed by atoms with van der Waals surface area (Å²) in [5.41, 5.74) is 5.80. The molecule has 10 nitrogen and oxygen atoms in total. The molecule has 0 aliphatic rings. The van der Waals surface area contributed by atoms with Crippen molar-refractivity contribution in [2.24, 2.45) is 0 Å². The van der Waals surface area contributed by atoms with Gasteiger partial charge in [-0.3, -0.25) is 0 Å². The van der Waals surface area contributed by atoms with Gasteiger partial charge in [-0.05, 0) is 47.6 Å². The zero-order chi connectivity index (χ0) is 24.3. The number of nitrogens with one attached hydrogen (secondary N) is 1. The van der Waals surface area contributed by atoms with Crippen LogP contribution in [0.3, 0.4) is 0 Å². The van der Waals surface area contributed by atoms with Gasteiger partial charge in [-0.1, -0.05) is 5.16 Å². The third-order valence-corrected chi connectivity index (χ3v) is 6.05. The molecule has 0 aliphatic carbocycles. The van der Waals surface area contributed by atoms with Crippen LogP contribution in [-0.4, -0.2) is 49.0 Å². The Bertz CT molecular complexity index is 1520. The standard InChI is InChI=1S/C24H28N8O2/c1-11(2)32-24(12(3)10-25-32)31(7)22-19-20-17(28-21(19)26-15(6)27-22)9-16(23(29-20)33-8)18-13(4)30-34-14(18)5/h9-11H,1-8H3,(H,26,27,28). The Morgan fingerprint density at radius 2 is 1.88 bits per heavy atom. The van der Waals surface area contributed by atoms with E-state index in [0.29, 0.717) is 23.1 Å². The van der Waals surface area contributed by atoms with Crippen LogP contribution in [-0.2, 0) is 0 Å². The van der Waals surface area contributed by atoms with Gasteiger partial charge in [0.1, 0.15) is 34.4 Å². The highest BCUT2D eigenvalue weighted by molar-refractivity contribution is 6.11. The van der Waals surface area contributed by atoms with Crippen LogP contribution in [0.15, 0.2) is 16.8 Å². The first-order valence-electron chi connectivity index (χ1n) is 11.2. The lowest BCUT2D eigenvalue weighted by molar-refractivity contribution is 0.392. The average Bonchev–Trinajstić information content (AvgIpc) is 3.45. The van der Waals surface area contributed by atoms with E-state index < -0.39 is 0 Å². The fourth-order valence-electron chi connectivity index (χ4n) is 4.56. The van der Waals surface area contributed by atoms with Crippen molar-refractivity contribution in [2.75, 3.05) is 19.1 Å². The number of pyridine rings is 1. The number of anilines is 2. The van der Waals surface area contributed by atoms with Crippen LogP contribution in [0.2, 0.25) is 0 Å². The predicted molar refractivity (Wildman–Crippen MR) is 131 cm³/mol. The Hall–Kier alpha value is -3.95. The normalized spacial score (nSPS) is 11.8. The Morgan fingerprint density at radius 1 is 1.12 bits per heavy atom. The number of fused-ring (bicyclic) bond motifs is 3. The molecule has 0 amide bonds. The van der Waals surface area contributed by atoms with Gasteiger partial charge in [-0.2, -0.15) is 5.10 Å². The molecule has 5 heterocycles. The summed E-state index contributed by atoms with van der Waals surface area (Å²) < 4.78 is 13.1. The second-order valence-electron chi connectivity index (χ2n) is 8.83. The molecule has 0 fully saturated rings. The molecule has 0 bridgehead atoms. The van der Waals surface area contributed by atoms with Gasteiger partial charge in [0, 0.05) is 18.7 Å². The van der Waals surface area contributed by atoms with E-state index in [0.717, 1.165) is 50.4 Å². The first-order chi connectivity index (χ1) is 16.2. The van der Waals surface area contributed by atoms with Crippen LogP contribution in [0.1, 0.15) is 42.7 Å². The van der Waals surface area contributed by atoms with E-state index in [1.54, 1.807) is 7.11 Å². The third-order valence-electron chi connectivity index (χ3n) is 6.05. The van der Waals surface area contributed by atoms with Crippen molar-refractivity contribution in [1.82, 2.24) is 34.9 Å². The van der Waals surface area contributed by atoms with Gasteiger partial charge in [-0.15, -0.1) is 0 Å². The summed E-state index contributed by atoms with van der Waals surface area (Å²) in [6, 6.07) is 2.21. The molecular weight excluding hydrogens is 432 g/mol. The molecule has 0 aromatic carbocycles. The van der Waals surface area contributed by atoms with Crippen LogP contribution in [0, 0.1) is 27.7 Å². The third kappa shape index (κ3) is 3.20. The molecule has 176 valence electrons. The van der Waals surface area contributed by atoms with Gasteiger partial charge in [0.05, 0.1) is 41.0 Å². The molecule has 0 unspecified atom stereocenters. The van der Waals surface area contributed by atoms with Crippen molar-refractivity contribution in [3.63, 3.8) is 0 Å². The van der Waals surface area contributed by atoms with E-state index in [-0.39, 0.29) is 6.04 Å². The molecule has 0 saturated carbocycles. The Balaban J connectivity index is 1.80. The van der Waals surface area contributed by atoms with Gasteiger partial charge < -0.3 is 19.1 Å². The summed E-state index contributed by atoms with van der Waals surface area (Å²) in [5.74, 6) is 3.58. The second-order valence-corrected chi connectivity index (χ2v) is 8.83. The number of ether oxygens (including phenoxy) is 1. The minimum atomic E-state index is 0.198. The van der Waals surface area contributed by atoms with E-state index >= 15 is 0 Å². The number of rotatable bonds is 5. The Kier molecular flexibility index (Phi) is 5.03. The molecular formula is C24H28N8O2. The lowest BCUT2D eigenvalue weighted by Crippen LogP contribution is -2.19. The number of hydrogen-bond donors (Lipinski definition) is 1. The van der Waals surface area contributed by atoms with Crippen LogP contribution < -0.4 is 9.64 Å². The number of methoxy groups -OCH3 is 1. The molecule has 10 heteroatoms. The minimum Gasteiger partial charge on any atom is -0.481 e. The quantitative estimate of drug-likeness (QED) is 0.392. The molecule has 34 heavy (non-hydrogen) atoms. The highest BCUT2D eigenvalue weighted by Crippen LogP contribution is 2.40. The molecule has 0 aliphatic heterocycles. The van der Waals surface area contributed by atoms with Crippen molar-refractivity contribution < 1.29 is 9.26 Å². The van der Waals surface area contributed by atoms with Gasteiger partial charge >= 0.3 is 0 Å². The van der Waals surface area contributed by atoms with E-state index in [2.05, 4.69) is 45.9 Å². The van der Waals surface area contributed by atoms with Gasteiger partial charge in [-0.25, -0.2) is 19.6 Å². The van der Waals surface area contributed by atoms with Crippen molar-refractivity contribution in [3.8, 4) is 17.0 Å². The number of nitrogens with zero attached hydrogens (tertiary/aromatic N) is 7. The maximum Gasteiger partial charge on any atom is 0.221 e. The monoisotopic (exact) mass is 460 g/mol. The van der Waals surface area contributed by atoms with Crippen molar-refractivity contribution in [1.29, 1.82) is 0 Å². The smallest absolute Gasteiger partial charge is 0.221 e. The number of aryl methyl sites for hydroxylation is 4. The molecule has 0 saturated heterocycles. The summed E-state index contributed by atoms with van der Waals surface area (Å²) in [6.45, 7) is 11.9. The first kappa shape index (κ1) is 21.9. The molecule has 5 rings (SSSR count). The van der Waals surface area contributed by atoms with Crippen molar-refractivity contribution in [3.05, 3.63) is 35.1 Å². The topological polar surface area (TPSA) is 111 Å². The minimum absolute atomic E-state index is 0.198. The number of hydrogen-bond acceptors (Lipinski definition) is 8. The fraction of sp³-hybridized carbons (Fsp3) is 0.375. The molecule has 1 N–H and O–H groups in total. The van der Waals surface area contributed by atoms with E-state index in [1.165, 1.54) is 0 Å². The molecule has 0 atom stereocenters. The van der Waals surface area contributed by atoms with Crippen molar-refractivity contribution >= 4 is 33.7 Å². The number of H-pyrrole nitrogens is 1.